The second-order valence-corrected chi connectivity index (χ2v) is 8.40. The number of nitrogens with one attached hydrogen (secondary N) is 2. The van der Waals surface area contributed by atoms with Crippen molar-refractivity contribution in [1.29, 1.82) is 0 Å². The summed E-state index contributed by atoms with van der Waals surface area (Å²) in [5.74, 6) is 0.870. The number of aryl methyl sites for hydroxylation is 2. The summed E-state index contributed by atoms with van der Waals surface area (Å²) in [7, 11) is 0. The Morgan fingerprint density at radius 1 is 1.00 bits per heavy atom. The fraction of sp³-hybridized carbons (Fsp3) is 0.130. The molecule has 0 saturated heterocycles. The van der Waals surface area contributed by atoms with Crippen LogP contribution in [0.2, 0.25) is 15.1 Å². The molecule has 0 atom stereocenters. The summed E-state index contributed by atoms with van der Waals surface area (Å²) in [4.78, 5) is 20.2. The van der Waals surface area contributed by atoms with Crippen LogP contribution >= 0.6 is 34.8 Å². The molecule has 0 unspecified atom stereocenters. The fourth-order valence-electron chi connectivity index (χ4n) is 3.19. The molecule has 0 fully saturated rings. The van der Waals surface area contributed by atoms with Crippen LogP contribution in [0.1, 0.15) is 11.1 Å². The average Bonchev–Trinajstić information content (AvgIpc) is 3.10. The molecule has 4 rings (SSSR count). The van der Waals surface area contributed by atoms with E-state index in [4.69, 9.17) is 39.5 Å². The molecule has 1 aromatic heterocycles. The van der Waals surface area contributed by atoms with Gasteiger partial charge in [0, 0.05) is 21.3 Å². The highest BCUT2D eigenvalue weighted by atomic mass is 35.5. The molecule has 8 heteroatoms. The van der Waals surface area contributed by atoms with Crippen LogP contribution in [0, 0.1) is 13.8 Å². The molecule has 0 radical (unpaired) electrons. The third-order valence-electron chi connectivity index (χ3n) is 4.75. The normalized spacial score (nSPS) is 11.0. The first-order chi connectivity index (χ1) is 14.8. The van der Waals surface area contributed by atoms with Crippen molar-refractivity contribution < 1.29 is 9.53 Å². The standard InChI is InChI=1S/C23H18Cl3N3O2/c1-12-8-19-20(10-17(12)25)29-23(28-19)14-3-5-16(6-4-14)27-21(30)11-31-22-13(2)7-15(24)9-18(22)26/h3-10H,11H2,1-2H3,(H,27,30)(H,28,29). The molecule has 0 saturated carbocycles. The molecule has 31 heavy (non-hydrogen) atoms. The minimum Gasteiger partial charge on any atom is -0.482 e. The summed E-state index contributed by atoms with van der Waals surface area (Å²) in [5.41, 5.74) is 5.00. The number of nitrogens with zero attached hydrogens (tertiary/aromatic N) is 1. The monoisotopic (exact) mass is 473 g/mol. The van der Waals surface area contributed by atoms with Crippen molar-refractivity contribution in [1.82, 2.24) is 9.97 Å². The number of fused-ring (bicyclic) bond motifs is 1. The SMILES string of the molecule is Cc1cc2[nH]c(-c3ccc(NC(=O)COc4c(C)cc(Cl)cc4Cl)cc3)nc2cc1Cl. The van der Waals surface area contributed by atoms with Gasteiger partial charge in [-0.1, -0.05) is 34.8 Å². The predicted octanol–water partition coefficient (Wildman–Crippen LogP) is 6.82. The summed E-state index contributed by atoms with van der Waals surface area (Å²) < 4.78 is 5.57. The van der Waals surface area contributed by atoms with Gasteiger partial charge >= 0.3 is 0 Å². The first-order valence-corrected chi connectivity index (χ1v) is 10.6. The van der Waals surface area contributed by atoms with E-state index < -0.39 is 0 Å². The Labute approximate surface area is 194 Å². The number of imidazole rings is 1. The highest BCUT2D eigenvalue weighted by Crippen LogP contribution is 2.32. The topological polar surface area (TPSA) is 67.0 Å². The number of carbonyl (C=O) groups is 1. The van der Waals surface area contributed by atoms with E-state index in [9.17, 15) is 4.79 Å². The number of amides is 1. The van der Waals surface area contributed by atoms with E-state index in [1.165, 1.54) is 0 Å². The highest BCUT2D eigenvalue weighted by Gasteiger charge is 2.11. The minimum atomic E-state index is -0.299. The van der Waals surface area contributed by atoms with Gasteiger partial charge in [-0.2, -0.15) is 0 Å². The zero-order valence-corrected chi connectivity index (χ0v) is 19.0. The lowest BCUT2D eigenvalue weighted by Crippen LogP contribution is -2.20. The maximum absolute atomic E-state index is 12.3. The van der Waals surface area contributed by atoms with Crippen LogP contribution in [0.15, 0.2) is 48.5 Å². The first kappa shape index (κ1) is 21.5. The van der Waals surface area contributed by atoms with E-state index in [1.807, 2.05) is 38.1 Å². The van der Waals surface area contributed by atoms with Crippen molar-refractivity contribution in [3.05, 3.63) is 74.7 Å². The summed E-state index contributed by atoms with van der Waals surface area (Å²) in [6.45, 7) is 3.59. The number of H-pyrrole nitrogens is 1. The summed E-state index contributed by atoms with van der Waals surface area (Å²) in [6.07, 6.45) is 0. The number of carbonyl (C=O) groups excluding carboxylic acids is 1. The molecule has 0 aliphatic rings. The number of anilines is 1. The summed E-state index contributed by atoms with van der Waals surface area (Å²) in [5, 5.41) is 4.36. The number of rotatable bonds is 5. The van der Waals surface area contributed by atoms with Crippen molar-refractivity contribution in [2.45, 2.75) is 13.8 Å². The molecular formula is C23H18Cl3N3O2. The zero-order chi connectivity index (χ0) is 22.1. The van der Waals surface area contributed by atoms with Gasteiger partial charge in [0.2, 0.25) is 0 Å². The van der Waals surface area contributed by atoms with Crippen molar-refractivity contribution >= 4 is 57.4 Å². The molecule has 2 N–H and O–H groups in total. The Hall–Kier alpha value is -2.73. The van der Waals surface area contributed by atoms with Gasteiger partial charge in [-0.05, 0) is 73.5 Å². The lowest BCUT2D eigenvalue weighted by atomic mass is 10.2. The van der Waals surface area contributed by atoms with Gasteiger partial charge in [-0.15, -0.1) is 0 Å². The smallest absolute Gasteiger partial charge is 0.262 e. The Morgan fingerprint density at radius 2 is 1.74 bits per heavy atom. The van der Waals surface area contributed by atoms with E-state index in [1.54, 1.807) is 24.3 Å². The van der Waals surface area contributed by atoms with Crippen LogP contribution in [0.4, 0.5) is 5.69 Å². The van der Waals surface area contributed by atoms with Crippen molar-refractivity contribution in [2.24, 2.45) is 0 Å². The van der Waals surface area contributed by atoms with Gasteiger partial charge in [-0.25, -0.2) is 4.98 Å². The number of hydrogen-bond acceptors (Lipinski definition) is 3. The average molecular weight is 475 g/mol. The van der Waals surface area contributed by atoms with Gasteiger partial charge in [-0.3, -0.25) is 4.79 Å². The zero-order valence-electron chi connectivity index (χ0n) is 16.7. The van der Waals surface area contributed by atoms with E-state index in [2.05, 4.69) is 15.3 Å². The third-order valence-corrected chi connectivity index (χ3v) is 5.65. The number of halogens is 3. The maximum Gasteiger partial charge on any atom is 0.262 e. The Balaban J connectivity index is 1.42. The fourth-order valence-corrected chi connectivity index (χ4v) is 4.00. The lowest BCUT2D eigenvalue weighted by molar-refractivity contribution is -0.118. The number of benzene rings is 3. The molecule has 0 aliphatic carbocycles. The lowest BCUT2D eigenvalue weighted by Gasteiger charge is -2.12. The molecular weight excluding hydrogens is 457 g/mol. The van der Waals surface area contributed by atoms with Gasteiger partial charge in [0.15, 0.2) is 6.61 Å². The van der Waals surface area contributed by atoms with Crippen molar-refractivity contribution in [3.8, 4) is 17.1 Å². The van der Waals surface area contributed by atoms with Crippen LogP contribution in [0.25, 0.3) is 22.4 Å². The number of hydrogen-bond donors (Lipinski definition) is 2. The van der Waals surface area contributed by atoms with Crippen molar-refractivity contribution in [3.63, 3.8) is 0 Å². The molecule has 158 valence electrons. The predicted molar refractivity (Wildman–Crippen MR) is 127 cm³/mol. The van der Waals surface area contributed by atoms with Crippen molar-refractivity contribution in [2.75, 3.05) is 11.9 Å². The van der Waals surface area contributed by atoms with E-state index in [0.717, 1.165) is 33.5 Å². The highest BCUT2D eigenvalue weighted by molar-refractivity contribution is 6.35. The summed E-state index contributed by atoms with van der Waals surface area (Å²) in [6, 6.07) is 14.5. The first-order valence-electron chi connectivity index (χ1n) is 9.45. The molecule has 4 aromatic rings. The molecule has 0 aliphatic heterocycles. The van der Waals surface area contributed by atoms with Crippen LogP contribution in [0.5, 0.6) is 5.75 Å². The Morgan fingerprint density at radius 3 is 2.45 bits per heavy atom. The number of aromatic amines is 1. The van der Waals surface area contributed by atoms with E-state index >= 15 is 0 Å². The van der Waals surface area contributed by atoms with Crippen LogP contribution in [-0.2, 0) is 4.79 Å². The van der Waals surface area contributed by atoms with Gasteiger partial charge < -0.3 is 15.0 Å². The largest absolute Gasteiger partial charge is 0.482 e. The number of ether oxygens (including phenoxy) is 1. The van der Waals surface area contributed by atoms with Crippen LogP contribution < -0.4 is 10.1 Å². The molecule has 5 nitrogen and oxygen atoms in total. The van der Waals surface area contributed by atoms with Gasteiger partial charge in [0.1, 0.15) is 11.6 Å². The Kier molecular flexibility index (Phi) is 6.10. The minimum absolute atomic E-state index is 0.173. The third kappa shape index (κ3) is 4.79. The maximum atomic E-state index is 12.3. The molecule has 3 aromatic carbocycles. The van der Waals surface area contributed by atoms with Gasteiger partial charge in [0.25, 0.3) is 5.91 Å². The summed E-state index contributed by atoms with van der Waals surface area (Å²) >= 11 is 18.3. The molecule has 0 spiro atoms. The number of aromatic nitrogens is 2. The molecule has 1 amide bonds. The van der Waals surface area contributed by atoms with Crippen LogP contribution in [-0.4, -0.2) is 22.5 Å². The van der Waals surface area contributed by atoms with E-state index in [0.29, 0.717) is 26.5 Å². The van der Waals surface area contributed by atoms with Crippen LogP contribution in [0.3, 0.4) is 0 Å². The van der Waals surface area contributed by atoms with E-state index in [-0.39, 0.29) is 12.5 Å². The molecule has 1 heterocycles. The Bertz CT molecular complexity index is 1220. The molecule has 0 bridgehead atoms. The second kappa shape index (κ2) is 8.79. The van der Waals surface area contributed by atoms with Gasteiger partial charge in [0.05, 0.1) is 16.1 Å². The second-order valence-electron chi connectivity index (χ2n) is 7.15. The quantitative estimate of drug-likeness (QED) is 0.333.